The predicted molar refractivity (Wildman–Crippen MR) is 131 cm³/mol. The third-order valence-corrected chi connectivity index (χ3v) is 5.81. The van der Waals surface area contributed by atoms with Gasteiger partial charge in [-0.2, -0.15) is 0 Å². The van der Waals surface area contributed by atoms with Crippen molar-refractivity contribution in [2.24, 2.45) is 0 Å². The smallest absolute Gasteiger partial charge is 0.410 e. The number of nitrogens with zero attached hydrogens (tertiary/aromatic N) is 1. The number of amides is 2. The molecule has 0 saturated carbocycles. The van der Waals surface area contributed by atoms with Crippen molar-refractivity contribution in [1.82, 2.24) is 10.2 Å². The van der Waals surface area contributed by atoms with Crippen molar-refractivity contribution in [1.29, 1.82) is 0 Å². The molecule has 2 amide bonds. The predicted octanol–water partition coefficient (Wildman–Crippen LogP) is 4.72. The molecule has 1 saturated heterocycles. The first kappa shape index (κ1) is 26.1. The summed E-state index contributed by atoms with van der Waals surface area (Å²) in [5.74, 6) is -0.863. The Balaban J connectivity index is 1.54. The van der Waals surface area contributed by atoms with Gasteiger partial charge in [0.15, 0.2) is 0 Å². The van der Waals surface area contributed by atoms with E-state index in [0.29, 0.717) is 13.1 Å². The number of ether oxygens (including phenoxy) is 2. The van der Waals surface area contributed by atoms with E-state index in [1.807, 2.05) is 75.4 Å². The highest BCUT2D eigenvalue weighted by atomic mass is 16.6. The number of carboxylic acid groups (broad SMARTS) is 1. The van der Waals surface area contributed by atoms with Gasteiger partial charge in [-0.3, -0.25) is 0 Å². The molecule has 2 aromatic rings. The lowest BCUT2D eigenvalue weighted by Crippen LogP contribution is -2.42. The fourth-order valence-corrected chi connectivity index (χ4v) is 4.04. The number of likely N-dealkylation sites (tertiary alicyclic amines) is 1. The molecule has 0 bridgehead atoms. The summed E-state index contributed by atoms with van der Waals surface area (Å²) in [4.78, 5) is 38.0. The zero-order chi connectivity index (χ0) is 25.4. The van der Waals surface area contributed by atoms with Crippen LogP contribution in [0.1, 0.15) is 56.2 Å². The first-order valence-corrected chi connectivity index (χ1v) is 11.9. The van der Waals surface area contributed by atoms with E-state index >= 15 is 0 Å². The molecule has 1 atom stereocenters. The van der Waals surface area contributed by atoms with E-state index in [0.717, 1.165) is 29.5 Å². The van der Waals surface area contributed by atoms with Crippen LogP contribution in [0.3, 0.4) is 0 Å². The van der Waals surface area contributed by atoms with E-state index in [9.17, 15) is 19.5 Å². The lowest BCUT2D eigenvalue weighted by molar-refractivity contribution is -0.139. The summed E-state index contributed by atoms with van der Waals surface area (Å²) < 4.78 is 10.6. The van der Waals surface area contributed by atoms with Gasteiger partial charge in [-0.25, -0.2) is 14.4 Å². The summed E-state index contributed by atoms with van der Waals surface area (Å²) in [6.07, 6.45) is 0.677. The summed E-state index contributed by atoms with van der Waals surface area (Å²) in [5, 5.41) is 12.1. The first-order valence-electron chi connectivity index (χ1n) is 11.9. The maximum Gasteiger partial charge on any atom is 0.410 e. The lowest BCUT2D eigenvalue weighted by Gasteiger charge is -2.33. The highest BCUT2D eigenvalue weighted by Gasteiger charge is 2.28. The quantitative estimate of drug-likeness (QED) is 0.592. The minimum atomic E-state index is -1.13. The van der Waals surface area contributed by atoms with Crippen LogP contribution in [0.4, 0.5) is 9.59 Å². The number of nitrogens with one attached hydrogen (secondary N) is 1. The summed E-state index contributed by atoms with van der Waals surface area (Å²) in [6, 6.07) is 15.8. The van der Waals surface area contributed by atoms with Gasteiger partial charge < -0.3 is 24.8 Å². The second-order valence-electron chi connectivity index (χ2n) is 9.79. The minimum Gasteiger partial charge on any atom is -0.480 e. The normalized spacial score (nSPS) is 15.2. The molecular formula is C27H34N2O6. The molecule has 1 aliphatic heterocycles. The number of piperidine rings is 1. The summed E-state index contributed by atoms with van der Waals surface area (Å²) in [5.41, 5.74) is 2.21. The Morgan fingerprint density at radius 2 is 1.69 bits per heavy atom. The molecule has 0 spiro atoms. The van der Waals surface area contributed by atoms with E-state index in [2.05, 4.69) is 5.32 Å². The molecule has 0 aromatic heterocycles. The van der Waals surface area contributed by atoms with Gasteiger partial charge in [-0.15, -0.1) is 0 Å². The maximum absolute atomic E-state index is 12.3. The van der Waals surface area contributed by atoms with Crippen molar-refractivity contribution in [2.75, 3.05) is 13.1 Å². The Kier molecular flexibility index (Phi) is 8.73. The molecule has 3 rings (SSSR count). The van der Waals surface area contributed by atoms with E-state index in [1.165, 1.54) is 0 Å². The summed E-state index contributed by atoms with van der Waals surface area (Å²) in [6.45, 7) is 6.84. The van der Waals surface area contributed by atoms with Crippen molar-refractivity contribution in [2.45, 2.75) is 64.2 Å². The van der Waals surface area contributed by atoms with Crippen LogP contribution in [0, 0.1) is 0 Å². The molecule has 0 aliphatic carbocycles. The van der Waals surface area contributed by atoms with Crippen LogP contribution in [-0.4, -0.2) is 52.9 Å². The molecule has 1 aliphatic rings. The van der Waals surface area contributed by atoms with Crippen LogP contribution in [0.15, 0.2) is 54.6 Å². The lowest BCUT2D eigenvalue weighted by atomic mass is 9.88. The molecule has 1 heterocycles. The molecular weight excluding hydrogens is 448 g/mol. The Hall–Kier alpha value is -3.55. The van der Waals surface area contributed by atoms with Gasteiger partial charge in [-0.05, 0) is 56.2 Å². The van der Waals surface area contributed by atoms with Crippen molar-refractivity contribution in [3.05, 3.63) is 71.3 Å². The second kappa shape index (κ2) is 11.7. The Bertz CT molecular complexity index is 1010. The zero-order valence-corrected chi connectivity index (χ0v) is 20.5. The number of rotatable bonds is 7. The molecule has 1 fully saturated rings. The Morgan fingerprint density at radius 1 is 1.03 bits per heavy atom. The van der Waals surface area contributed by atoms with Crippen LogP contribution >= 0.6 is 0 Å². The van der Waals surface area contributed by atoms with Crippen molar-refractivity contribution in [3.63, 3.8) is 0 Å². The van der Waals surface area contributed by atoms with Crippen LogP contribution in [0.25, 0.3) is 0 Å². The van der Waals surface area contributed by atoms with Crippen LogP contribution < -0.4 is 5.32 Å². The fourth-order valence-electron chi connectivity index (χ4n) is 4.04. The average molecular weight is 483 g/mol. The molecule has 35 heavy (non-hydrogen) atoms. The fraction of sp³-hybridized carbons (Fsp3) is 0.444. The SMILES string of the molecule is CC(C)(C)OC(=O)N1CCC(c2cccc(C[C@H](NC(=O)OCc3ccccc3)C(=O)O)c2)CC1. The number of hydrogen-bond donors (Lipinski definition) is 2. The monoisotopic (exact) mass is 482 g/mol. The highest BCUT2D eigenvalue weighted by molar-refractivity contribution is 5.80. The number of carbonyl (C=O) groups excluding carboxylic acids is 2. The minimum absolute atomic E-state index is 0.0660. The largest absolute Gasteiger partial charge is 0.480 e. The van der Waals surface area contributed by atoms with E-state index in [1.54, 1.807) is 4.90 Å². The number of hydrogen-bond acceptors (Lipinski definition) is 5. The van der Waals surface area contributed by atoms with Gasteiger partial charge in [0.1, 0.15) is 18.2 Å². The third kappa shape index (κ3) is 8.31. The average Bonchev–Trinajstić information content (AvgIpc) is 2.82. The highest BCUT2D eigenvalue weighted by Crippen LogP contribution is 2.29. The number of carboxylic acids is 1. The molecule has 188 valence electrons. The Labute approximate surface area is 206 Å². The van der Waals surface area contributed by atoms with Crippen LogP contribution in [-0.2, 0) is 27.3 Å². The molecule has 8 heteroatoms. The summed E-state index contributed by atoms with van der Waals surface area (Å²) in [7, 11) is 0. The Morgan fingerprint density at radius 3 is 2.31 bits per heavy atom. The van der Waals surface area contributed by atoms with Gasteiger partial charge in [0, 0.05) is 19.5 Å². The van der Waals surface area contributed by atoms with Gasteiger partial charge in [0.25, 0.3) is 0 Å². The van der Waals surface area contributed by atoms with E-state index in [4.69, 9.17) is 9.47 Å². The van der Waals surface area contributed by atoms with Crippen LogP contribution in [0.5, 0.6) is 0 Å². The first-order chi connectivity index (χ1) is 16.6. The summed E-state index contributed by atoms with van der Waals surface area (Å²) >= 11 is 0. The zero-order valence-electron chi connectivity index (χ0n) is 20.5. The number of alkyl carbamates (subject to hydrolysis) is 1. The van der Waals surface area contributed by atoms with Crippen molar-refractivity contribution in [3.8, 4) is 0 Å². The number of carbonyl (C=O) groups is 3. The molecule has 8 nitrogen and oxygen atoms in total. The molecule has 0 unspecified atom stereocenters. The van der Waals surface area contributed by atoms with E-state index < -0.39 is 23.7 Å². The number of benzene rings is 2. The second-order valence-corrected chi connectivity index (χ2v) is 9.79. The molecule has 2 aromatic carbocycles. The van der Waals surface area contributed by atoms with Gasteiger partial charge in [0.05, 0.1) is 0 Å². The van der Waals surface area contributed by atoms with E-state index in [-0.39, 0.29) is 25.0 Å². The van der Waals surface area contributed by atoms with Gasteiger partial charge in [0.2, 0.25) is 0 Å². The standard InChI is InChI=1S/C27H34N2O6/c1-27(2,3)35-26(33)29-14-12-21(13-15-29)22-11-7-10-20(16-22)17-23(24(30)31)28-25(32)34-18-19-8-5-4-6-9-19/h4-11,16,21,23H,12-15,17-18H2,1-3H3,(H,28,32)(H,30,31)/t23-/m0/s1. The molecule has 0 radical (unpaired) electrons. The number of aliphatic carboxylic acids is 1. The topological polar surface area (TPSA) is 105 Å². The van der Waals surface area contributed by atoms with Crippen molar-refractivity contribution >= 4 is 18.2 Å². The van der Waals surface area contributed by atoms with Gasteiger partial charge in [-0.1, -0.05) is 54.6 Å². The molecule has 2 N–H and O–H groups in total. The van der Waals surface area contributed by atoms with Gasteiger partial charge >= 0.3 is 18.2 Å². The van der Waals surface area contributed by atoms with Crippen LogP contribution in [0.2, 0.25) is 0 Å². The third-order valence-electron chi connectivity index (χ3n) is 5.81. The van der Waals surface area contributed by atoms with Crippen molar-refractivity contribution < 1.29 is 29.0 Å². The maximum atomic E-state index is 12.3.